The van der Waals surface area contributed by atoms with Crippen LogP contribution in [0.4, 0.5) is 13.2 Å². The highest BCUT2D eigenvalue weighted by atomic mass is 19.4. The average molecular weight is 479 g/mol. The minimum atomic E-state index is -4.68. The molecule has 0 heterocycles. The number of carbonyl (C=O) groups is 1. The van der Waals surface area contributed by atoms with Gasteiger partial charge >= 0.3 is 12.1 Å². The fourth-order valence-corrected chi connectivity index (χ4v) is 3.60. The number of hydrogen-bond donors (Lipinski definition) is 0. The third-order valence-corrected chi connectivity index (χ3v) is 5.75. The summed E-state index contributed by atoms with van der Waals surface area (Å²) in [6, 6.07) is 14.7. The van der Waals surface area contributed by atoms with Crippen molar-refractivity contribution in [3.8, 4) is 11.1 Å². The molecule has 0 spiro atoms. The second-order valence-corrected chi connectivity index (χ2v) is 8.66. The summed E-state index contributed by atoms with van der Waals surface area (Å²) in [7, 11) is 0. The molecule has 2 aromatic rings. The van der Waals surface area contributed by atoms with E-state index in [9.17, 15) is 18.0 Å². The van der Waals surface area contributed by atoms with Crippen LogP contribution in [0.15, 0.2) is 48.5 Å². The van der Waals surface area contributed by atoms with Crippen molar-refractivity contribution in [2.24, 2.45) is 0 Å². The van der Waals surface area contributed by atoms with E-state index in [0.29, 0.717) is 6.42 Å². The molecular weight excluding hydrogens is 441 g/mol. The largest absolute Gasteiger partial charge is 0.447 e. The summed E-state index contributed by atoms with van der Waals surface area (Å²) in [4.78, 5) is 12.3. The van der Waals surface area contributed by atoms with Crippen molar-refractivity contribution in [1.82, 2.24) is 0 Å². The molecule has 188 valence electrons. The van der Waals surface area contributed by atoms with Crippen molar-refractivity contribution in [2.45, 2.75) is 83.9 Å². The zero-order valence-corrected chi connectivity index (χ0v) is 20.3. The van der Waals surface area contributed by atoms with Crippen molar-refractivity contribution in [3.05, 3.63) is 59.7 Å². The van der Waals surface area contributed by atoms with Crippen LogP contribution < -0.4 is 0 Å². The van der Waals surface area contributed by atoms with Gasteiger partial charge in [-0.25, -0.2) is 4.79 Å². The quantitative estimate of drug-likeness (QED) is 0.191. The van der Waals surface area contributed by atoms with E-state index in [0.717, 1.165) is 24.0 Å². The van der Waals surface area contributed by atoms with E-state index in [1.807, 2.05) is 19.1 Å². The zero-order chi connectivity index (χ0) is 24.8. The van der Waals surface area contributed by atoms with Crippen molar-refractivity contribution >= 4 is 5.97 Å². The normalized spacial score (nSPS) is 12.5. The van der Waals surface area contributed by atoms with E-state index >= 15 is 0 Å². The Kier molecular flexibility index (Phi) is 12.2. The van der Waals surface area contributed by atoms with Crippen LogP contribution in [0.2, 0.25) is 0 Å². The number of hydrogen-bond acceptors (Lipinski definition) is 3. The predicted molar refractivity (Wildman–Crippen MR) is 130 cm³/mol. The van der Waals surface area contributed by atoms with Crippen molar-refractivity contribution in [3.63, 3.8) is 0 Å². The number of unbranched alkanes of at least 4 members (excludes halogenated alkanes) is 6. The van der Waals surface area contributed by atoms with Gasteiger partial charge in [0.2, 0.25) is 6.10 Å². The van der Waals surface area contributed by atoms with Crippen LogP contribution >= 0.6 is 0 Å². The molecule has 0 saturated heterocycles. The van der Waals surface area contributed by atoms with Crippen molar-refractivity contribution in [2.75, 3.05) is 13.2 Å². The predicted octanol–water partition coefficient (Wildman–Crippen LogP) is 8.16. The van der Waals surface area contributed by atoms with Gasteiger partial charge in [0.15, 0.2) is 0 Å². The summed E-state index contributed by atoms with van der Waals surface area (Å²) in [6.07, 6.45) is 3.15. The maximum absolute atomic E-state index is 13.2. The summed E-state index contributed by atoms with van der Waals surface area (Å²) in [5.41, 5.74) is 3.24. The van der Waals surface area contributed by atoms with Gasteiger partial charge < -0.3 is 9.47 Å². The van der Waals surface area contributed by atoms with Gasteiger partial charge in [0.25, 0.3) is 0 Å². The molecule has 0 aliphatic carbocycles. The number of rotatable bonds is 15. The number of halogens is 3. The molecule has 0 radical (unpaired) electrons. The SMILES string of the molecule is CCCCCCCCc1ccc(-c2ccc(C(=O)OC(COCCCC)C(F)(F)F)cc2)cc1. The molecule has 0 aromatic heterocycles. The van der Waals surface area contributed by atoms with Crippen LogP contribution in [-0.2, 0) is 15.9 Å². The van der Waals surface area contributed by atoms with E-state index in [1.54, 1.807) is 12.1 Å². The molecule has 0 saturated carbocycles. The van der Waals surface area contributed by atoms with E-state index in [-0.39, 0.29) is 12.2 Å². The van der Waals surface area contributed by atoms with E-state index < -0.39 is 24.9 Å². The average Bonchev–Trinajstić information content (AvgIpc) is 2.83. The molecule has 0 bridgehead atoms. The second-order valence-electron chi connectivity index (χ2n) is 8.66. The highest BCUT2D eigenvalue weighted by Gasteiger charge is 2.43. The summed E-state index contributed by atoms with van der Waals surface area (Å²) in [6.45, 7) is 3.64. The summed E-state index contributed by atoms with van der Waals surface area (Å²) < 4.78 is 49.4. The van der Waals surface area contributed by atoms with E-state index in [1.165, 1.54) is 56.2 Å². The minimum Gasteiger partial charge on any atom is -0.447 e. The van der Waals surface area contributed by atoms with Crippen LogP contribution in [0.3, 0.4) is 0 Å². The third-order valence-electron chi connectivity index (χ3n) is 5.75. The first-order valence-electron chi connectivity index (χ1n) is 12.4. The summed E-state index contributed by atoms with van der Waals surface area (Å²) in [5.74, 6) is -1.01. The van der Waals surface area contributed by atoms with Crippen LogP contribution in [-0.4, -0.2) is 31.5 Å². The summed E-state index contributed by atoms with van der Waals surface area (Å²) >= 11 is 0. The topological polar surface area (TPSA) is 35.5 Å². The molecule has 3 nitrogen and oxygen atoms in total. The molecular formula is C28H37F3O3. The molecule has 2 rings (SSSR count). The Morgan fingerprint density at radius 1 is 0.794 bits per heavy atom. The van der Waals surface area contributed by atoms with Gasteiger partial charge in [-0.05, 0) is 48.1 Å². The van der Waals surface area contributed by atoms with Crippen LogP contribution in [0.25, 0.3) is 11.1 Å². The molecule has 1 atom stereocenters. The Morgan fingerprint density at radius 2 is 1.35 bits per heavy atom. The lowest BCUT2D eigenvalue weighted by molar-refractivity contribution is -0.217. The van der Waals surface area contributed by atoms with Gasteiger partial charge in [0, 0.05) is 6.61 Å². The molecule has 6 heteroatoms. The van der Waals surface area contributed by atoms with Crippen LogP contribution in [0.5, 0.6) is 0 Å². The second kappa shape index (κ2) is 14.8. The number of carbonyl (C=O) groups excluding carboxylic acids is 1. The Morgan fingerprint density at radius 3 is 1.94 bits per heavy atom. The molecule has 34 heavy (non-hydrogen) atoms. The molecule has 0 aliphatic rings. The van der Waals surface area contributed by atoms with Gasteiger partial charge in [0.05, 0.1) is 12.2 Å². The zero-order valence-electron chi connectivity index (χ0n) is 20.3. The standard InChI is InChI=1S/C28H37F3O3/c1-3-5-7-8-9-10-11-22-12-14-23(15-13-22)24-16-18-25(19-17-24)27(32)34-26(28(29,30)31)21-33-20-6-4-2/h12-19,26H,3-11,20-21H2,1-2H3. The highest BCUT2D eigenvalue weighted by molar-refractivity contribution is 5.90. The maximum atomic E-state index is 13.2. The first kappa shape index (κ1) is 27.9. The lowest BCUT2D eigenvalue weighted by Crippen LogP contribution is -2.38. The minimum absolute atomic E-state index is 0.0752. The van der Waals surface area contributed by atoms with Gasteiger partial charge in [-0.3, -0.25) is 0 Å². The van der Waals surface area contributed by atoms with Gasteiger partial charge in [-0.15, -0.1) is 0 Å². The number of alkyl halides is 3. The third kappa shape index (κ3) is 9.88. The van der Waals surface area contributed by atoms with Crippen molar-refractivity contribution < 1.29 is 27.4 Å². The summed E-state index contributed by atoms with van der Waals surface area (Å²) in [5, 5.41) is 0. The molecule has 2 aromatic carbocycles. The first-order chi connectivity index (χ1) is 16.3. The van der Waals surface area contributed by atoms with Gasteiger partial charge in [0.1, 0.15) is 0 Å². The van der Waals surface area contributed by atoms with Gasteiger partial charge in [-0.2, -0.15) is 13.2 Å². The lowest BCUT2D eigenvalue weighted by atomic mass is 10.00. The number of benzene rings is 2. The van der Waals surface area contributed by atoms with E-state index in [2.05, 4.69) is 19.1 Å². The number of ether oxygens (including phenoxy) is 2. The number of aryl methyl sites for hydroxylation is 1. The maximum Gasteiger partial charge on any atom is 0.427 e. The van der Waals surface area contributed by atoms with Gasteiger partial charge in [-0.1, -0.05) is 88.8 Å². The smallest absolute Gasteiger partial charge is 0.427 e. The molecule has 1 unspecified atom stereocenters. The Labute approximate surface area is 201 Å². The Hall–Kier alpha value is -2.34. The van der Waals surface area contributed by atoms with Crippen LogP contribution in [0, 0.1) is 0 Å². The van der Waals surface area contributed by atoms with E-state index in [4.69, 9.17) is 9.47 Å². The number of esters is 1. The van der Waals surface area contributed by atoms with Crippen LogP contribution in [0.1, 0.15) is 81.1 Å². The molecule has 0 fully saturated rings. The molecule has 0 N–H and O–H groups in total. The molecule has 0 aliphatic heterocycles. The molecule has 0 amide bonds. The Bertz CT molecular complexity index is 829. The Balaban J connectivity index is 1.90. The highest BCUT2D eigenvalue weighted by Crippen LogP contribution is 2.26. The van der Waals surface area contributed by atoms with Crippen molar-refractivity contribution in [1.29, 1.82) is 0 Å². The fourth-order valence-electron chi connectivity index (χ4n) is 3.60. The fraction of sp³-hybridized carbons (Fsp3) is 0.536. The lowest BCUT2D eigenvalue weighted by Gasteiger charge is -2.20. The first-order valence-corrected chi connectivity index (χ1v) is 12.4. The monoisotopic (exact) mass is 478 g/mol.